The minimum Gasteiger partial charge on any atom is -0.494 e. The predicted octanol–water partition coefficient (Wildman–Crippen LogP) is 4.17. The summed E-state index contributed by atoms with van der Waals surface area (Å²) in [4.78, 5) is 18.6. The van der Waals surface area contributed by atoms with E-state index in [2.05, 4.69) is 10.1 Å². The Morgan fingerprint density at radius 2 is 2.06 bits per heavy atom. The van der Waals surface area contributed by atoms with Crippen molar-refractivity contribution < 1.29 is 14.3 Å². The molecule has 0 saturated heterocycles. The van der Waals surface area contributed by atoms with Crippen molar-refractivity contribution in [3.63, 3.8) is 0 Å². The van der Waals surface area contributed by atoms with E-state index in [-0.39, 0.29) is 6.09 Å². The van der Waals surface area contributed by atoms with Gasteiger partial charge in [0.25, 0.3) is 0 Å². The molecule has 0 fully saturated rings. The molecule has 2 N–H and O–H groups in total. The zero-order valence-electron chi connectivity index (χ0n) is 19.4. The van der Waals surface area contributed by atoms with Gasteiger partial charge in [0, 0.05) is 29.9 Å². The number of benzene rings is 2. The van der Waals surface area contributed by atoms with Gasteiger partial charge in [-0.15, -0.1) is 0 Å². The number of amides is 1. The van der Waals surface area contributed by atoms with E-state index in [1.807, 2.05) is 42.5 Å². The second kappa shape index (κ2) is 9.87. The van der Waals surface area contributed by atoms with Gasteiger partial charge in [0.2, 0.25) is 0 Å². The van der Waals surface area contributed by atoms with Crippen LogP contribution in [-0.4, -0.2) is 50.2 Å². The summed E-state index contributed by atoms with van der Waals surface area (Å²) < 4.78 is 14.7. The van der Waals surface area contributed by atoms with Gasteiger partial charge in [-0.3, -0.25) is 14.3 Å². The third kappa shape index (κ3) is 4.51. The highest BCUT2D eigenvalue weighted by Crippen LogP contribution is 2.40. The summed E-state index contributed by atoms with van der Waals surface area (Å²) in [5.41, 5.74) is 3.77. The number of aryl methyl sites for hydroxylation is 1. The van der Waals surface area contributed by atoms with Crippen LogP contribution in [0.2, 0.25) is 5.02 Å². The minimum absolute atomic E-state index is 0.303. The summed E-state index contributed by atoms with van der Waals surface area (Å²) in [6, 6.07) is 13.1. The van der Waals surface area contributed by atoms with E-state index < -0.39 is 6.04 Å². The highest BCUT2D eigenvalue weighted by molar-refractivity contribution is 6.31. The maximum Gasteiger partial charge on any atom is 0.410 e. The van der Waals surface area contributed by atoms with Crippen molar-refractivity contribution >= 4 is 28.6 Å². The van der Waals surface area contributed by atoms with E-state index >= 15 is 0 Å². The number of nitrogens with zero attached hydrogens (tertiary/aromatic N) is 5. The standard InChI is InChI=1S/C25H27ClN6O3/c1-2-34-25(33)31-12-10-20-21-14-18(26)6-9-22(21)32(27)24(20)23(31)17-4-7-19(8-5-17)35-13-3-11-30-16-28-15-29-30/h4-9,14-16,23H,2-3,10-13,27H2,1H3. The first-order valence-electron chi connectivity index (χ1n) is 11.6. The SMILES string of the molecule is CCOC(=O)N1CCc2c(n(N)c3ccc(Cl)cc23)C1c1ccc(OCCCn2cncn2)cc1. The van der Waals surface area contributed by atoms with Crippen molar-refractivity contribution in [2.75, 3.05) is 25.6 Å². The van der Waals surface area contributed by atoms with Gasteiger partial charge in [0.1, 0.15) is 24.4 Å². The van der Waals surface area contributed by atoms with Crippen molar-refractivity contribution in [3.05, 3.63) is 77.0 Å². The molecular formula is C25H27ClN6O3. The van der Waals surface area contributed by atoms with Crippen molar-refractivity contribution in [1.29, 1.82) is 0 Å². The fourth-order valence-electron chi connectivity index (χ4n) is 4.69. The molecule has 2 aromatic carbocycles. The summed E-state index contributed by atoms with van der Waals surface area (Å²) in [7, 11) is 0. The first-order valence-corrected chi connectivity index (χ1v) is 12.0. The van der Waals surface area contributed by atoms with Crippen LogP contribution in [0.4, 0.5) is 4.79 Å². The largest absolute Gasteiger partial charge is 0.494 e. The van der Waals surface area contributed by atoms with Crippen LogP contribution in [0.25, 0.3) is 10.9 Å². The molecule has 2 aromatic heterocycles. The molecule has 1 atom stereocenters. The van der Waals surface area contributed by atoms with Gasteiger partial charge in [0.05, 0.1) is 24.4 Å². The smallest absolute Gasteiger partial charge is 0.410 e. The van der Waals surface area contributed by atoms with Gasteiger partial charge in [-0.1, -0.05) is 23.7 Å². The fraction of sp³-hybridized carbons (Fsp3) is 0.320. The Morgan fingerprint density at radius 1 is 1.23 bits per heavy atom. The first-order chi connectivity index (χ1) is 17.1. The maximum atomic E-state index is 12.9. The van der Waals surface area contributed by atoms with Crippen molar-refractivity contribution in [2.24, 2.45) is 0 Å². The number of ether oxygens (including phenoxy) is 2. The lowest BCUT2D eigenvalue weighted by Gasteiger charge is -2.36. The summed E-state index contributed by atoms with van der Waals surface area (Å²) in [6.45, 7) is 3.92. The minimum atomic E-state index is -0.393. The van der Waals surface area contributed by atoms with Crippen LogP contribution in [0.3, 0.4) is 0 Å². The second-order valence-corrected chi connectivity index (χ2v) is 8.81. The first kappa shape index (κ1) is 23.0. The number of rotatable bonds is 7. The fourth-order valence-corrected chi connectivity index (χ4v) is 4.87. The van der Waals surface area contributed by atoms with Crippen LogP contribution in [0.1, 0.15) is 36.2 Å². The van der Waals surface area contributed by atoms with E-state index in [9.17, 15) is 4.79 Å². The lowest BCUT2D eigenvalue weighted by Crippen LogP contribution is -2.42. The Labute approximate surface area is 208 Å². The number of fused-ring (bicyclic) bond motifs is 3. The normalized spacial score (nSPS) is 15.3. The molecule has 5 rings (SSSR count). The Bertz CT molecular complexity index is 1320. The molecule has 9 nitrogen and oxygen atoms in total. The van der Waals surface area contributed by atoms with E-state index in [0.29, 0.717) is 31.2 Å². The van der Waals surface area contributed by atoms with Gasteiger partial charge in [0.15, 0.2) is 0 Å². The molecule has 4 aromatic rings. The van der Waals surface area contributed by atoms with Crippen LogP contribution in [-0.2, 0) is 17.7 Å². The number of hydrogen-bond acceptors (Lipinski definition) is 6. The number of nitrogen functional groups attached to an aromatic ring is 1. The number of carbonyl (C=O) groups is 1. The number of aromatic nitrogens is 4. The van der Waals surface area contributed by atoms with Crippen LogP contribution < -0.4 is 10.6 Å². The van der Waals surface area contributed by atoms with Crippen molar-refractivity contribution in [1.82, 2.24) is 24.3 Å². The number of carbonyl (C=O) groups excluding carboxylic acids is 1. The molecule has 0 bridgehead atoms. The topological polar surface area (TPSA) is 100 Å². The highest BCUT2D eigenvalue weighted by Gasteiger charge is 2.37. The molecule has 3 heterocycles. The van der Waals surface area contributed by atoms with Crippen LogP contribution in [0, 0.1) is 0 Å². The van der Waals surface area contributed by atoms with E-state index in [1.165, 1.54) is 6.33 Å². The second-order valence-electron chi connectivity index (χ2n) is 8.37. The zero-order valence-corrected chi connectivity index (χ0v) is 20.2. The third-order valence-corrected chi connectivity index (χ3v) is 6.49. The van der Waals surface area contributed by atoms with Crippen molar-refractivity contribution in [3.8, 4) is 5.75 Å². The maximum absolute atomic E-state index is 12.9. The Kier molecular flexibility index (Phi) is 6.50. The zero-order chi connectivity index (χ0) is 24.4. The molecule has 182 valence electrons. The molecule has 0 aliphatic carbocycles. The highest BCUT2D eigenvalue weighted by atomic mass is 35.5. The summed E-state index contributed by atoms with van der Waals surface area (Å²) in [5.74, 6) is 7.34. The summed E-state index contributed by atoms with van der Waals surface area (Å²) in [5, 5.41) is 5.76. The molecule has 1 amide bonds. The van der Waals surface area contributed by atoms with Crippen LogP contribution >= 0.6 is 11.6 Å². The van der Waals surface area contributed by atoms with Gasteiger partial charge >= 0.3 is 6.09 Å². The molecule has 1 unspecified atom stereocenters. The van der Waals surface area contributed by atoms with Gasteiger partial charge in [-0.05, 0) is 54.8 Å². The molecule has 0 saturated carbocycles. The summed E-state index contributed by atoms with van der Waals surface area (Å²) >= 11 is 6.29. The van der Waals surface area contributed by atoms with Crippen LogP contribution in [0.15, 0.2) is 55.1 Å². The molecule has 1 aliphatic heterocycles. The van der Waals surface area contributed by atoms with Crippen molar-refractivity contribution in [2.45, 2.75) is 32.4 Å². The van der Waals surface area contributed by atoms with Gasteiger partial charge in [-0.25, -0.2) is 9.78 Å². The van der Waals surface area contributed by atoms with Crippen LogP contribution in [0.5, 0.6) is 5.75 Å². The quantitative estimate of drug-likeness (QED) is 0.305. The Morgan fingerprint density at radius 3 is 2.80 bits per heavy atom. The lowest BCUT2D eigenvalue weighted by atomic mass is 9.92. The molecule has 0 spiro atoms. The Balaban J connectivity index is 1.42. The van der Waals surface area contributed by atoms with E-state index in [1.54, 1.807) is 27.5 Å². The average molecular weight is 495 g/mol. The number of hydrogen-bond donors (Lipinski definition) is 1. The monoisotopic (exact) mass is 494 g/mol. The molecule has 1 aliphatic rings. The van der Waals surface area contributed by atoms with Gasteiger partial charge < -0.3 is 15.3 Å². The molecule has 10 heteroatoms. The number of halogens is 1. The van der Waals surface area contributed by atoms with E-state index in [4.69, 9.17) is 26.9 Å². The van der Waals surface area contributed by atoms with E-state index in [0.717, 1.165) is 46.4 Å². The molecular weight excluding hydrogens is 468 g/mol. The Hall–Kier alpha value is -3.72. The van der Waals surface area contributed by atoms with Gasteiger partial charge in [-0.2, -0.15) is 5.10 Å². The predicted molar refractivity (Wildman–Crippen MR) is 133 cm³/mol. The molecule has 0 radical (unpaired) electrons. The summed E-state index contributed by atoms with van der Waals surface area (Å²) in [6.07, 6.45) is 4.32. The average Bonchev–Trinajstić information content (AvgIpc) is 3.48. The third-order valence-electron chi connectivity index (χ3n) is 6.25. The molecule has 35 heavy (non-hydrogen) atoms. The number of nitrogens with two attached hydrogens (primary N) is 1. The lowest BCUT2D eigenvalue weighted by molar-refractivity contribution is 0.0927.